The lowest BCUT2D eigenvalue weighted by Gasteiger charge is -2.05. The minimum Gasteiger partial charge on any atom is -0.461 e. The second-order valence-electron chi connectivity index (χ2n) is 4.27. The van der Waals surface area contributed by atoms with Crippen LogP contribution in [-0.2, 0) is 19.1 Å². The van der Waals surface area contributed by atoms with E-state index in [1.165, 1.54) is 19.1 Å². The van der Waals surface area contributed by atoms with Crippen molar-refractivity contribution in [1.29, 1.82) is 0 Å². The normalized spacial score (nSPS) is 11.6. The molecule has 128 valence electrons. The third-order valence-electron chi connectivity index (χ3n) is 2.54. The number of nitrogens with zero attached hydrogens (tertiary/aromatic N) is 2. The van der Waals surface area contributed by atoms with Gasteiger partial charge in [0.1, 0.15) is 5.82 Å². The Balaban J connectivity index is 2.67. The third kappa shape index (κ3) is 5.48. The smallest absolute Gasteiger partial charge is 0.362 e. The Kier molecular flexibility index (Phi) is 7.01. The quantitative estimate of drug-likeness (QED) is 0.239. The van der Waals surface area contributed by atoms with Crippen LogP contribution in [0.4, 0.5) is 10.1 Å². The van der Waals surface area contributed by atoms with Crippen molar-refractivity contribution in [2.45, 2.75) is 13.8 Å². The van der Waals surface area contributed by atoms with E-state index in [9.17, 15) is 18.8 Å². The van der Waals surface area contributed by atoms with E-state index in [2.05, 4.69) is 20.3 Å². The maximum atomic E-state index is 12.7. The van der Waals surface area contributed by atoms with E-state index < -0.39 is 29.3 Å². The first kappa shape index (κ1) is 18.7. The second-order valence-corrected chi connectivity index (χ2v) is 4.27. The Morgan fingerprint density at radius 3 is 2.38 bits per heavy atom. The number of ether oxygens (including phenoxy) is 1. The number of carbonyl (C=O) groups is 3. The van der Waals surface area contributed by atoms with Gasteiger partial charge in [0.25, 0.3) is 0 Å². The molecule has 0 unspecified atom stereocenters. The molecule has 0 aliphatic carbocycles. The highest BCUT2D eigenvalue weighted by atomic mass is 19.1. The highest BCUT2D eigenvalue weighted by molar-refractivity contribution is 6.65. The molecule has 2 amide bonds. The number of halogens is 1. The molecule has 9 nitrogen and oxygen atoms in total. The van der Waals surface area contributed by atoms with E-state index >= 15 is 0 Å². The summed E-state index contributed by atoms with van der Waals surface area (Å²) in [4.78, 5) is 34.7. The number of carbonyl (C=O) groups excluding carboxylic acids is 3. The van der Waals surface area contributed by atoms with Gasteiger partial charge in [-0.15, -0.1) is 0 Å². The van der Waals surface area contributed by atoms with Gasteiger partial charge in [-0.3, -0.25) is 9.59 Å². The first-order valence-corrected chi connectivity index (χ1v) is 6.69. The van der Waals surface area contributed by atoms with E-state index in [1.54, 1.807) is 6.92 Å². The minimum atomic E-state index is -1.14. The molecule has 1 rings (SSSR count). The molecule has 0 aromatic heterocycles. The Labute approximate surface area is 136 Å². The molecule has 0 aliphatic rings. The zero-order chi connectivity index (χ0) is 18.1. The Morgan fingerprint density at radius 1 is 1.21 bits per heavy atom. The molecule has 0 saturated heterocycles. The van der Waals surface area contributed by atoms with Gasteiger partial charge in [0.15, 0.2) is 0 Å². The Morgan fingerprint density at radius 2 is 1.83 bits per heavy atom. The molecular formula is C14H15FN4O5. The van der Waals surface area contributed by atoms with Crippen LogP contribution in [0.15, 0.2) is 34.5 Å². The van der Waals surface area contributed by atoms with Crippen LogP contribution in [-0.4, -0.2) is 41.0 Å². The van der Waals surface area contributed by atoms with Gasteiger partial charge in [0, 0.05) is 5.69 Å². The van der Waals surface area contributed by atoms with Gasteiger partial charge in [-0.05, 0) is 38.1 Å². The van der Waals surface area contributed by atoms with Crippen molar-refractivity contribution >= 4 is 34.9 Å². The summed E-state index contributed by atoms with van der Waals surface area (Å²) in [5.74, 6) is -3.63. The minimum absolute atomic E-state index is 0.0531. The largest absolute Gasteiger partial charge is 0.461 e. The summed E-state index contributed by atoms with van der Waals surface area (Å²) < 4.78 is 17.4. The number of hydrogen-bond acceptors (Lipinski definition) is 7. The first-order chi connectivity index (χ1) is 11.4. The fraction of sp³-hybridized carbons (Fsp3) is 0.214. The average molecular weight is 338 g/mol. The zero-order valence-corrected chi connectivity index (χ0v) is 12.9. The number of benzene rings is 1. The maximum Gasteiger partial charge on any atom is 0.362 e. The molecule has 0 heterocycles. The van der Waals surface area contributed by atoms with Crippen LogP contribution in [0.25, 0.3) is 0 Å². The number of esters is 1. The van der Waals surface area contributed by atoms with E-state index in [4.69, 9.17) is 5.21 Å². The topological polar surface area (TPSA) is 129 Å². The molecule has 3 N–H and O–H groups in total. The molecule has 0 spiro atoms. The highest BCUT2D eigenvalue weighted by Crippen LogP contribution is 2.07. The summed E-state index contributed by atoms with van der Waals surface area (Å²) in [5, 5.41) is 17.2. The fourth-order valence-corrected chi connectivity index (χ4v) is 1.42. The molecule has 1 aromatic rings. The lowest BCUT2D eigenvalue weighted by molar-refractivity contribution is -0.136. The van der Waals surface area contributed by atoms with Crippen molar-refractivity contribution in [3.63, 3.8) is 0 Å². The van der Waals surface area contributed by atoms with E-state index in [0.29, 0.717) is 0 Å². The molecule has 0 bridgehead atoms. The lowest BCUT2D eigenvalue weighted by Crippen LogP contribution is -2.34. The van der Waals surface area contributed by atoms with E-state index in [0.717, 1.165) is 12.1 Å². The number of rotatable bonds is 5. The number of amides is 2. The second kappa shape index (κ2) is 8.98. The van der Waals surface area contributed by atoms with E-state index in [1.807, 2.05) is 5.43 Å². The van der Waals surface area contributed by atoms with Crippen molar-refractivity contribution in [1.82, 2.24) is 5.43 Å². The maximum absolute atomic E-state index is 12.7. The first-order valence-electron chi connectivity index (χ1n) is 6.69. The summed E-state index contributed by atoms with van der Waals surface area (Å²) in [6.45, 7) is 2.88. The van der Waals surface area contributed by atoms with Gasteiger partial charge in [0.2, 0.25) is 5.71 Å². The van der Waals surface area contributed by atoms with Crippen LogP contribution in [0.1, 0.15) is 13.8 Å². The Bertz CT molecular complexity index is 685. The number of nitrogens with one attached hydrogen (secondary N) is 2. The zero-order valence-electron chi connectivity index (χ0n) is 12.9. The molecule has 24 heavy (non-hydrogen) atoms. The molecule has 1 aromatic carbocycles. The number of oxime groups is 1. The standard InChI is InChI=1S/C14H15FN4O5/c1-3-24-14(22)11(19-23)8(2)17-18-13(21)12(20)16-10-6-4-9(15)5-7-10/h4-7,23H,3H2,1-2H3,(H,16,20)(H,18,21)/b17-8+,19-11-. The average Bonchev–Trinajstić information content (AvgIpc) is 2.55. The molecule has 10 heteroatoms. The van der Waals surface area contributed by atoms with Crippen molar-refractivity contribution in [3.05, 3.63) is 30.1 Å². The Hall–Kier alpha value is -3.30. The molecule has 0 fully saturated rings. The summed E-state index contributed by atoms with van der Waals surface area (Å²) in [6, 6.07) is 4.76. The van der Waals surface area contributed by atoms with Gasteiger partial charge in [-0.1, -0.05) is 5.16 Å². The van der Waals surface area contributed by atoms with Crippen molar-refractivity contribution in [3.8, 4) is 0 Å². The van der Waals surface area contributed by atoms with Gasteiger partial charge in [-0.2, -0.15) is 5.10 Å². The van der Waals surface area contributed by atoms with Crippen LogP contribution in [0.3, 0.4) is 0 Å². The predicted molar refractivity (Wildman–Crippen MR) is 82.1 cm³/mol. The van der Waals surface area contributed by atoms with Crippen molar-refractivity contribution in [2.75, 3.05) is 11.9 Å². The fourth-order valence-electron chi connectivity index (χ4n) is 1.42. The number of hydrogen-bond donors (Lipinski definition) is 3. The molecule has 0 aliphatic heterocycles. The monoisotopic (exact) mass is 338 g/mol. The van der Waals surface area contributed by atoms with Gasteiger partial charge in [0.05, 0.1) is 12.3 Å². The molecule has 0 saturated carbocycles. The predicted octanol–water partition coefficient (Wildman–Crippen LogP) is 0.650. The summed E-state index contributed by atoms with van der Waals surface area (Å²) >= 11 is 0. The van der Waals surface area contributed by atoms with E-state index in [-0.39, 0.29) is 18.0 Å². The van der Waals surface area contributed by atoms with Crippen molar-refractivity contribution in [2.24, 2.45) is 10.3 Å². The van der Waals surface area contributed by atoms with Crippen LogP contribution < -0.4 is 10.7 Å². The number of hydrazone groups is 1. The molecular weight excluding hydrogens is 323 g/mol. The van der Waals surface area contributed by atoms with Crippen LogP contribution in [0.2, 0.25) is 0 Å². The third-order valence-corrected chi connectivity index (χ3v) is 2.54. The number of anilines is 1. The van der Waals surface area contributed by atoms with Crippen LogP contribution >= 0.6 is 0 Å². The van der Waals surface area contributed by atoms with Crippen LogP contribution in [0.5, 0.6) is 0 Å². The van der Waals surface area contributed by atoms with Gasteiger partial charge >= 0.3 is 17.8 Å². The summed E-state index contributed by atoms with van der Waals surface area (Å²) in [5.41, 5.74) is 1.41. The SMILES string of the molecule is CCOC(=O)C(=N\O)/C(C)=N/NC(=O)C(=O)Nc1ccc(F)cc1. The molecule has 0 radical (unpaired) electrons. The summed E-state index contributed by atoms with van der Waals surface area (Å²) in [7, 11) is 0. The van der Waals surface area contributed by atoms with Gasteiger partial charge in [-0.25, -0.2) is 14.6 Å². The lowest BCUT2D eigenvalue weighted by atomic mass is 10.2. The highest BCUT2D eigenvalue weighted by Gasteiger charge is 2.19. The van der Waals surface area contributed by atoms with Crippen molar-refractivity contribution < 1.29 is 28.7 Å². The molecule has 0 atom stereocenters. The van der Waals surface area contributed by atoms with Crippen LogP contribution in [0, 0.1) is 5.82 Å². The summed E-state index contributed by atoms with van der Waals surface area (Å²) in [6.07, 6.45) is 0. The van der Waals surface area contributed by atoms with Gasteiger partial charge < -0.3 is 15.3 Å².